The van der Waals surface area contributed by atoms with Crippen LogP contribution >= 0.6 is 11.6 Å². The molecule has 1 N–H and O–H groups in total. The van der Waals surface area contributed by atoms with Gasteiger partial charge in [0.1, 0.15) is 11.3 Å². The predicted molar refractivity (Wildman–Crippen MR) is 80.5 cm³/mol. The average molecular weight is 291 g/mol. The van der Waals surface area contributed by atoms with Crippen molar-refractivity contribution >= 4 is 28.4 Å². The number of halogens is 1. The second-order valence-electron chi connectivity index (χ2n) is 4.07. The van der Waals surface area contributed by atoms with E-state index in [4.69, 9.17) is 16.3 Å². The van der Waals surface area contributed by atoms with Crippen molar-refractivity contribution in [1.82, 2.24) is 10.3 Å². The van der Waals surface area contributed by atoms with Crippen LogP contribution in [0, 0.1) is 0 Å². The molecule has 0 saturated heterocycles. The normalized spacial score (nSPS) is 10.3. The first-order valence-corrected chi connectivity index (χ1v) is 6.66. The largest absolute Gasteiger partial charge is 0.492 e. The van der Waals surface area contributed by atoms with E-state index >= 15 is 0 Å². The lowest BCUT2D eigenvalue weighted by atomic mass is 10.1. The van der Waals surface area contributed by atoms with Gasteiger partial charge in [0.15, 0.2) is 0 Å². The number of para-hydroxylation sites is 1. The van der Waals surface area contributed by atoms with Crippen molar-refractivity contribution in [2.24, 2.45) is 0 Å². The number of nitrogens with one attached hydrogen (secondary N) is 1. The lowest BCUT2D eigenvalue weighted by Gasteiger charge is -2.10. The van der Waals surface area contributed by atoms with E-state index < -0.39 is 0 Å². The number of hydrogen-bond donors (Lipinski definition) is 1. The second-order valence-corrected chi connectivity index (χ2v) is 4.45. The van der Waals surface area contributed by atoms with Crippen molar-refractivity contribution in [2.75, 3.05) is 13.2 Å². The Morgan fingerprint density at radius 3 is 3.05 bits per heavy atom. The fraction of sp³-hybridized carbons (Fsp3) is 0.200. The van der Waals surface area contributed by atoms with Crippen LogP contribution in [-0.4, -0.2) is 24.0 Å². The molecule has 0 atom stereocenters. The summed E-state index contributed by atoms with van der Waals surface area (Å²) in [6.07, 6.45) is 3.07. The van der Waals surface area contributed by atoms with E-state index in [9.17, 15) is 4.79 Å². The SMILES string of the molecule is C=CCNC(=O)c1cnc2c(OCC)cccc2c1Cl. The number of rotatable bonds is 5. The third kappa shape index (κ3) is 2.75. The van der Waals surface area contributed by atoms with Gasteiger partial charge in [0.05, 0.1) is 17.2 Å². The zero-order chi connectivity index (χ0) is 14.5. The van der Waals surface area contributed by atoms with Crippen LogP contribution in [0.5, 0.6) is 5.75 Å². The molecular weight excluding hydrogens is 276 g/mol. The number of hydrogen-bond acceptors (Lipinski definition) is 3. The fourth-order valence-electron chi connectivity index (χ4n) is 1.85. The van der Waals surface area contributed by atoms with Crippen LogP contribution in [0.2, 0.25) is 5.02 Å². The quantitative estimate of drug-likeness (QED) is 0.860. The van der Waals surface area contributed by atoms with Crippen LogP contribution in [0.4, 0.5) is 0 Å². The Bertz CT molecular complexity index is 656. The highest BCUT2D eigenvalue weighted by Crippen LogP contribution is 2.31. The molecule has 20 heavy (non-hydrogen) atoms. The fourth-order valence-corrected chi connectivity index (χ4v) is 2.14. The van der Waals surface area contributed by atoms with Crippen molar-refractivity contribution in [1.29, 1.82) is 0 Å². The summed E-state index contributed by atoms with van der Waals surface area (Å²) in [6, 6.07) is 5.47. The van der Waals surface area contributed by atoms with Gasteiger partial charge in [0.2, 0.25) is 0 Å². The van der Waals surface area contributed by atoms with E-state index in [0.717, 1.165) is 0 Å². The first-order chi connectivity index (χ1) is 9.69. The zero-order valence-corrected chi connectivity index (χ0v) is 11.9. The molecule has 1 aromatic heterocycles. The molecule has 0 unspecified atom stereocenters. The average Bonchev–Trinajstić information content (AvgIpc) is 2.46. The summed E-state index contributed by atoms with van der Waals surface area (Å²) >= 11 is 6.31. The minimum atomic E-state index is -0.272. The van der Waals surface area contributed by atoms with Gasteiger partial charge >= 0.3 is 0 Å². The standard InChI is InChI=1S/C15H15ClN2O2/c1-3-8-17-15(19)11-9-18-14-10(13(11)16)6-5-7-12(14)20-4-2/h3,5-7,9H,1,4,8H2,2H3,(H,17,19). The molecular formula is C15H15ClN2O2. The highest BCUT2D eigenvalue weighted by atomic mass is 35.5. The predicted octanol–water partition coefficient (Wildman–Crippen LogP) is 3.20. The van der Waals surface area contributed by atoms with E-state index in [2.05, 4.69) is 16.9 Å². The van der Waals surface area contributed by atoms with Gasteiger partial charge in [-0.3, -0.25) is 9.78 Å². The van der Waals surface area contributed by atoms with Crippen LogP contribution in [0.3, 0.4) is 0 Å². The van der Waals surface area contributed by atoms with E-state index in [0.29, 0.717) is 40.4 Å². The number of pyridine rings is 1. The van der Waals surface area contributed by atoms with E-state index in [1.54, 1.807) is 6.08 Å². The number of nitrogens with zero attached hydrogens (tertiary/aromatic N) is 1. The van der Waals surface area contributed by atoms with Crippen molar-refractivity contribution in [3.63, 3.8) is 0 Å². The van der Waals surface area contributed by atoms with E-state index in [1.165, 1.54) is 6.20 Å². The highest BCUT2D eigenvalue weighted by molar-refractivity contribution is 6.38. The molecule has 0 aliphatic heterocycles. The maximum absolute atomic E-state index is 12.0. The third-order valence-electron chi connectivity index (χ3n) is 2.75. The first-order valence-electron chi connectivity index (χ1n) is 6.28. The van der Waals surface area contributed by atoms with Crippen LogP contribution in [0.25, 0.3) is 10.9 Å². The summed E-state index contributed by atoms with van der Waals surface area (Å²) in [4.78, 5) is 16.3. The highest BCUT2D eigenvalue weighted by Gasteiger charge is 2.15. The molecule has 2 aromatic rings. The van der Waals surface area contributed by atoms with Crippen molar-refractivity contribution in [2.45, 2.75) is 6.92 Å². The Kier molecular flexibility index (Phi) is 4.58. The van der Waals surface area contributed by atoms with Crippen LogP contribution in [-0.2, 0) is 0 Å². The summed E-state index contributed by atoms with van der Waals surface area (Å²) in [6.45, 7) is 6.37. The van der Waals surface area contributed by atoms with Crippen molar-refractivity contribution in [3.05, 3.63) is 47.6 Å². The third-order valence-corrected chi connectivity index (χ3v) is 3.15. The summed E-state index contributed by atoms with van der Waals surface area (Å²) < 4.78 is 5.50. The van der Waals surface area contributed by atoms with Gasteiger partial charge in [0, 0.05) is 18.1 Å². The number of carbonyl (C=O) groups is 1. The summed E-state index contributed by atoms with van der Waals surface area (Å²) in [5.41, 5.74) is 0.995. The number of fused-ring (bicyclic) bond motifs is 1. The molecule has 1 amide bonds. The molecule has 104 valence electrons. The second kappa shape index (κ2) is 6.39. The Balaban J connectivity index is 2.48. The molecule has 0 radical (unpaired) electrons. The molecule has 0 spiro atoms. The molecule has 0 bridgehead atoms. The van der Waals surface area contributed by atoms with Gasteiger partial charge in [-0.1, -0.05) is 29.8 Å². The molecule has 5 heteroatoms. The van der Waals surface area contributed by atoms with Gasteiger partial charge in [-0.15, -0.1) is 6.58 Å². The maximum atomic E-state index is 12.0. The number of amides is 1. The van der Waals surface area contributed by atoms with Gasteiger partial charge in [-0.05, 0) is 13.0 Å². The minimum absolute atomic E-state index is 0.272. The van der Waals surface area contributed by atoms with Crippen LogP contribution in [0.1, 0.15) is 17.3 Å². The smallest absolute Gasteiger partial charge is 0.254 e. The Hall–Kier alpha value is -2.07. The molecule has 4 nitrogen and oxygen atoms in total. The lowest BCUT2D eigenvalue weighted by molar-refractivity contribution is 0.0958. The van der Waals surface area contributed by atoms with Gasteiger partial charge in [0.25, 0.3) is 5.91 Å². The van der Waals surface area contributed by atoms with Crippen LogP contribution in [0.15, 0.2) is 37.1 Å². The van der Waals surface area contributed by atoms with E-state index in [-0.39, 0.29) is 5.91 Å². The topological polar surface area (TPSA) is 51.2 Å². The molecule has 1 aromatic carbocycles. The maximum Gasteiger partial charge on any atom is 0.254 e. The molecule has 1 heterocycles. The molecule has 0 saturated carbocycles. The number of benzene rings is 1. The molecule has 0 fully saturated rings. The van der Waals surface area contributed by atoms with E-state index in [1.807, 2.05) is 25.1 Å². The van der Waals surface area contributed by atoms with Crippen LogP contribution < -0.4 is 10.1 Å². The van der Waals surface area contributed by atoms with Gasteiger partial charge in [-0.2, -0.15) is 0 Å². The Morgan fingerprint density at radius 1 is 1.55 bits per heavy atom. The van der Waals surface area contributed by atoms with Crippen molar-refractivity contribution in [3.8, 4) is 5.75 Å². The number of aromatic nitrogens is 1. The number of ether oxygens (including phenoxy) is 1. The zero-order valence-electron chi connectivity index (χ0n) is 11.1. The molecule has 0 aliphatic carbocycles. The number of carbonyl (C=O) groups excluding carboxylic acids is 1. The minimum Gasteiger partial charge on any atom is -0.492 e. The summed E-state index contributed by atoms with van der Waals surface area (Å²) in [5, 5.41) is 3.75. The molecule has 2 rings (SSSR count). The Labute approximate surface area is 122 Å². The summed E-state index contributed by atoms with van der Waals surface area (Å²) in [5.74, 6) is 0.385. The lowest BCUT2D eigenvalue weighted by Crippen LogP contribution is -2.23. The first kappa shape index (κ1) is 14.3. The monoisotopic (exact) mass is 290 g/mol. The summed E-state index contributed by atoms with van der Waals surface area (Å²) in [7, 11) is 0. The molecule has 0 aliphatic rings. The Morgan fingerprint density at radius 2 is 2.35 bits per heavy atom. The van der Waals surface area contributed by atoms with Crippen molar-refractivity contribution < 1.29 is 9.53 Å². The van der Waals surface area contributed by atoms with Gasteiger partial charge in [-0.25, -0.2) is 0 Å². The van der Waals surface area contributed by atoms with Gasteiger partial charge < -0.3 is 10.1 Å².